The van der Waals surface area contributed by atoms with Crippen molar-refractivity contribution >= 4 is 23.0 Å². The number of halogens is 2. The molecule has 2 bridgehead atoms. The third-order valence-electron chi connectivity index (χ3n) is 5.60. The van der Waals surface area contributed by atoms with Crippen molar-refractivity contribution in [3.63, 3.8) is 0 Å². The molecule has 0 aliphatic carbocycles. The Labute approximate surface area is 163 Å². The third-order valence-corrected chi connectivity index (χ3v) is 5.82. The second kappa shape index (κ2) is 7.90. The van der Waals surface area contributed by atoms with Gasteiger partial charge in [-0.05, 0) is 79.9 Å². The van der Waals surface area contributed by atoms with Gasteiger partial charge >= 0.3 is 0 Å². The molecule has 142 valence electrons. The second-order valence-electron chi connectivity index (χ2n) is 7.46. The summed E-state index contributed by atoms with van der Waals surface area (Å²) in [5.41, 5.74) is 1.94. The molecule has 2 fully saturated rings. The molecule has 3 atom stereocenters. The van der Waals surface area contributed by atoms with Gasteiger partial charge in [-0.2, -0.15) is 0 Å². The highest BCUT2D eigenvalue weighted by atomic mass is 32.1. The van der Waals surface area contributed by atoms with Crippen LogP contribution >= 0.6 is 12.2 Å². The van der Waals surface area contributed by atoms with Crippen molar-refractivity contribution < 1.29 is 8.78 Å². The summed E-state index contributed by atoms with van der Waals surface area (Å²) in [6.45, 7) is 0.876. The molecule has 0 spiro atoms. The Morgan fingerprint density at radius 2 is 1.48 bits per heavy atom. The first-order valence-electron chi connectivity index (χ1n) is 9.40. The topological polar surface area (TPSA) is 27.3 Å². The fourth-order valence-electron chi connectivity index (χ4n) is 4.34. The summed E-state index contributed by atoms with van der Waals surface area (Å²) in [6, 6.07) is 14.4. The molecule has 27 heavy (non-hydrogen) atoms. The number of hydrogen-bond donors (Lipinski definition) is 2. The number of rotatable bonds is 4. The lowest BCUT2D eigenvalue weighted by Crippen LogP contribution is -2.50. The van der Waals surface area contributed by atoms with E-state index in [0.717, 1.165) is 30.6 Å². The van der Waals surface area contributed by atoms with Crippen LogP contribution in [0.3, 0.4) is 0 Å². The first kappa shape index (κ1) is 18.3. The van der Waals surface area contributed by atoms with Crippen LogP contribution in [-0.4, -0.2) is 28.1 Å². The molecule has 3 nitrogen and oxygen atoms in total. The fourth-order valence-corrected chi connectivity index (χ4v) is 4.62. The molecule has 0 saturated carbocycles. The number of anilines is 1. The van der Waals surface area contributed by atoms with Gasteiger partial charge in [0.2, 0.25) is 0 Å². The predicted octanol–water partition coefficient (Wildman–Crippen LogP) is 4.45. The predicted molar refractivity (Wildman–Crippen MR) is 108 cm³/mol. The molecular formula is C21H23F2N3S. The van der Waals surface area contributed by atoms with Gasteiger partial charge < -0.3 is 10.6 Å². The molecular weight excluding hydrogens is 364 g/mol. The molecule has 4 rings (SSSR count). The maximum Gasteiger partial charge on any atom is 0.170 e. The molecule has 2 aliphatic rings. The van der Waals surface area contributed by atoms with Gasteiger partial charge in [0, 0.05) is 30.4 Å². The Balaban J connectivity index is 1.32. The molecule has 6 heteroatoms. The normalized spacial score (nSPS) is 24.6. The average Bonchev–Trinajstić information content (AvgIpc) is 2.87. The Kier molecular flexibility index (Phi) is 5.36. The van der Waals surface area contributed by atoms with Crippen molar-refractivity contribution in [3.8, 4) is 0 Å². The molecule has 0 amide bonds. The fraction of sp³-hybridized carbons (Fsp3) is 0.381. The molecule has 2 saturated heterocycles. The average molecular weight is 387 g/mol. The molecule has 2 aliphatic heterocycles. The lowest BCUT2D eigenvalue weighted by Gasteiger charge is -2.39. The highest BCUT2D eigenvalue weighted by Gasteiger charge is 2.40. The number of nitrogens with one attached hydrogen (secondary N) is 2. The standard InChI is InChI=1S/C21H23F2N3S/c22-15-3-1-14(2-4-15)13-26-19-9-10-20(26)12-18(11-19)25-21(27)24-17-7-5-16(23)6-8-17/h1-8,18-20H,9-13H2,(H2,24,25,27)/t18?,19-,20+. The van der Waals surface area contributed by atoms with Gasteiger partial charge in [-0.15, -0.1) is 0 Å². The van der Waals surface area contributed by atoms with Crippen LogP contribution in [0.4, 0.5) is 14.5 Å². The monoisotopic (exact) mass is 387 g/mol. The first-order valence-corrected chi connectivity index (χ1v) is 9.81. The SMILES string of the molecule is Fc1ccc(CN2[C@@H]3CC[C@H]2CC(NC(=S)Nc2ccc(F)cc2)C3)cc1. The Bertz CT molecular complexity index is 780. The number of benzene rings is 2. The van der Waals surface area contributed by atoms with E-state index in [2.05, 4.69) is 15.5 Å². The number of thiocarbonyl (C=S) groups is 1. The van der Waals surface area contributed by atoms with Crippen molar-refractivity contribution in [2.45, 2.75) is 50.4 Å². The van der Waals surface area contributed by atoms with Gasteiger partial charge in [-0.25, -0.2) is 8.78 Å². The van der Waals surface area contributed by atoms with Crippen LogP contribution in [-0.2, 0) is 6.54 Å². The van der Waals surface area contributed by atoms with Crippen molar-refractivity contribution in [2.24, 2.45) is 0 Å². The van der Waals surface area contributed by atoms with Crippen LogP contribution < -0.4 is 10.6 Å². The summed E-state index contributed by atoms with van der Waals surface area (Å²) in [7, 11) is 0. The summed E-state index contributed by atoms with van der Waals surface area (Å²) < 4.78 is 26.1. The van der Waals surface area contributed by atoms with Gasteiger partial charge in [0.05, 0.1) is 0 Å². The Morgan fingerprint density at radius 3 is 2.07 bits per heavy atom. The molecule has 2 aromatic carbocycles. The van der Waals surface area contributed by atoms with E-state index in [1.807, 2.05) is 12.1 Å². The van der Waals surface area contributed by atoms with Crippen molar-refractivity contribution in [1.29, 1.82) is 0 Å². The quantitative estimate of drug-likeness (QED) is 0.758. The second-order valence-corrected chi connectivity index (χ2v) is 7.87. The molecule has 2 N–H and O–H groups in total. The lowest BCUT2D eigenvalue weighted by molar-refractivity contribution is 0.115. The summed E-state index contributed by atoms with van der Waals surface area (Å²) in [4.78, 5) is 2.56. The highest BCUT2D eigenvalue weighted by Crippen LogP contribution is 2.36. The summed E-state index contributed by atoms with van der Waals surface area (Å²) in [6.07, 6.45) is 4.48. The van der Waals surface area contributed by atoms with Gasteiger partial charge in [0.1, 0.15) is 11.6 Å². The molecule has 0 aromatic heterocycles. The minimum atomic E-state index is -0.260. The van der Waals surface area contributed by atoms with E-state index in [0.29, 0.717) is 23.2 Å². The maximum atomic E-state index is 13.1. The van der Waals surface area contributed by atoms with Crippen LogP contribution in [0.25, 0.3) is 0 Å². The van der Waals surface area contributed by atoms with Crippen molar-refractivity contribution in [2.75, 3.05) is 5.32 Å². The van der Waals surface area contributed by atoms with Crippen molar-refractivity contribution in [3.05, 3.63) is 65.7 Å². The van der Waals surface area contributed by atoms with Crippen LogP contribution in [0.5, 0.6) is 0 Å². The van der Waals surface area contributed by atoms with Crippen LogP contribution in [0.1, 0.15) is 31.2 Å². The summed E-state index contributed by atoms with van der Waals surface area (Å²) >= 11 is 5.43. The zero-order valence-electron chi connectivity index (χ0n) is 15.0. The number of piperidine rings is 1. The first-order chi connectivity index (χ1) is 13.1. The van der Waals surface area contributed by atoms with E-state index in [1.165, 1.54) is 37.1 Å². The lowest BCUT2D eigenvalue weighted by atomic mass is 9.96. The zero-order valence-corrected chi connectivity index (χ0v) is 15.8. The van der Waals surface area contributed by atoms with Gasteiger partial charge in [-0.3, -0.25) is 4.90 Å². The van der Waals surface area contributed by atoms with Crippen LogP contribution in [0, 0.1) is 11.6 Å². The maximum absolute atomic E-state index is 13.1. The van der Waals surface area contributed by atoms with E-state index < -0.39 is 0 Å². The molecule has 1 unspecified atom stereocenters. The van der Waals surface area contributed by atoms with Crippen LogP contribution in [0.2, 0.25) is 0 Å². The molecule has 2 aromatic rings. The minimum Gasteiger partial charge on any atom is -0.360 e. The van der Waals surface area contributed by atoms with Gasteiger partial charge in [-0.1, -0.05) is 12.1 Å². The van der Waals surface area contributed by atoms with Gasteiger partial charge in [0.15, 0.2) is 5.11 Å². The van der Waals surface area contributed by atoms with E-state index in [4.69, 9.17) is 12.2 Å². The van der Waals surface area contributed by atoms with Gasteiger partial charge in [0.25, 0.3) is 0 Å². The number of nitrogens with zero attached hydrogens (tertiary/aromatic N) is 1. The van der Waals surface area contributed by atoms with E-state index in [1.54, 1.807) is 12.1 Å². The third kappa shape index (κ3) is 4.45. The van der Waals surface area contributed by atoms with E-state index in [-0.39, 0.29) is 11.6 Å². The van der Waals surface area contributed by atoms with E-state index >= 15 is 0 Å². The highest BCUT2D eigenvalue weighted by molar-refractivity contribution is 7.80. The molecule has 2 heterocycles. The summed E-state index contributed by atoms with van der Waals surface area (Å²) in [5.74, 6) is -0.448. The number of hydrogen-bond acceptors (Lipinski definition) is 2. The zero-order chi connectivity index (χ0) is 18.8. The van der Waals surface area contributed by atoms with E-state index in [9.17, 15) is 8.78 Å². The Hall–Kier alpha value is -2.05. The molecule has 0 radical (unpaired) electrons. The Morgan fingerprint density at radius 1 is 0.926 bits per heavy atom. The smallest absolute Gasteiger partial charge is 0.170 e. The number of fused-ring (bicyclic) bond motifs is 2. The summed E-state index contributed by atoms with van der Waals surface area (Å²) in [5, 5.41) is 7.13. The largest absolute Gasteiger partial charge is 0.360 e. The van der Waals surface area contributed by atoms with Crippen molar-refractivity contribution in [1.82, 2.24) is 10.2 Å². The minimum absolute atomic E-state index is 0.188. The van der Waals surface area contributed by atoms with Crippen LogP contribution in [0.15, 0.2) is 48.5 Å².